The Morgan fingerprint density at radius 1 is 0.882 bits per heavy atom. The summed E-state index contributed by atoms with van der Waals surface area (Å²) in [6.07, 6.45) is 1.32. The number of sulfonamides is 1. The van der Waals surface area contributed by atoms with E-state index in [-0.39, 0.29) is 28.2 Å². The van der Waals surface area contributed by atoms with E-state index in [9.17, 15) is 22.0 Å². The number of halogens is 2. The summed E-state index contributed by atoms with van der Waals surface area (Å²) in [5, 5.41) is 2.85. The van der Waals surface area contributed by atoms with E-state index in [1.165, 1.54) is 54.6 Å². The molecule has 0 spiro atoms. The molecule has 0 radical (unpaired) electrons. The van der Waals surface area contributed by atoms with Crippen molar-refractivity contribution in [3.63, 3.8) is 0 Å². The van der Waals surface area contributed by atoms with Gasteiger partial charge in [-0.2, -0.15) is 0 Å². The summed E-state index contributed by atoms with van der Waals surface area (Å²) in [7, 11) is -3.84. The highest BCUT2D eigenvalue weighted by Gasteiger charge is 2.25. The third-order valence-electron chi connectivity index (χ3n) is 5.84. The normalized spacial score (nSPS) is 15.1. The molecule has 3 aromatic carbocycles. The second-order valence-corrected chi connectivity index (χ2v) is 9.95. The molecule has 9 heteroatoms. The van der Waals surface area contributed by atoms with E-state index in [1.807, 2.05) is 6.07 Å². The first kappa shape index (κ1) is 23.8. The van der Waals surface area contributed by atoms with Gasteiger partial charge < -0.3 is 5.32 Å². The second-order valence-electron chi connectivity index (χ2n) is 8.27. The Morgan fingerprint density at radius 3 is 2.15 bits per heavy atom. The number of nitrogens with one attached hydrogen (secondary N) is 2. The van der Waals surface area contributed by atoms with Crippen LogP contribution in [0.4, 0.5) is 20.2 Å². The lowest BCUT2D eigenvalue weighted by molar-refractivity contribution is -0.121. The molecule has 1 fully saturated rings. The van der Waals surface area contributed by atoms with E-state index in [1.54, 1.807) is 12.1 Å². The lowest BCUT2D eigenvalue weighted by Crippen LogP contribution is -2.37. The number of rotatable bonds is 7. The summed E-state index contributed by atoms with van der Waals surface area (Å²) in [5.74, 6) is -0.967. The number of hydrogen-bond acceptors (Lipinski definition) is 4. The van der Waals surface area contributed by atoms with Crippen LogP contribution in [-0.2, 0) is 21.4 Å². The van der Waals surface area contributed by atoms with Gasteiger partial charge in [0.25, 0.3) is 10.0 Å². The molecule has 0 unspecified atom stereocenters. The highest BCUT2D eigenvalue weighted by Crippen LogP contribution is 2.23. The molecule has 0 aliphatic carbocycles. The maximum absolute atomic E-state index is 13.9. The van der Waals surface area contributed by atoms with Gasteiger partial charge in [0.15, 0.2) is 0 Å². The number of amides is 1. The van der Waals surface area contributed by atoms with Gasteiger partial charge in [0, 0.05) is 29.4 Å². The van der Waals surface area contributed by atoms with E-state index in [0.29, 0.717) is 43.7 Å². The van der Waals surface area contributed by atoms with Gasteiger partial charge in [0.05, 0.1) is 4.90 Å². The van der Waals surface area contributed by atoms with Crippen molar-refractivity contribution in [1.82, 2.24) is 4.90 Å². The Hall–Kier alpha value is -3.30. The predicted octanol–water partition coefficient (Wildman–Crippen LogP) is 4.62. The molecule has 0 bridgehead atoms. The Bertz CT molecular complexity index is 1240. The topological polar surface area (TPSA) is 78.5 Å². The molecular weight excluding hydrogens is 460 g/mol. The molecular formula is C25H25F2N3O3S. The number of benzene rings is 3. The van der Waals surface area contributed by atoms with E-state index in [2.05, 4.69) is 14.9 Å². The second kappa shape index (κ2) is 10.3. The van der Waals surface area contributed by atoms with Crippen LogP contribution in [0.5, 0.6) is 0 Å². The summed E-state index contributed by atoms with van der Waals surface area (Å²) in [4.78, 5) is 14.8. The first-order valence-corrected chi connectivity index (χ1v) is 12.4. The number of anilines is 2. The fraction of sp³-hybridized carbons (Fsp3) is 0.240. The molecule has 1 heterocycles. The zero-order valence-electron chi connectivity index (χ0n) is 18.4. The van der Waals surface area contributed by atoms with Crippen molar-refractivity contribution in [2.24, 2.45) is 5.92 Å². The summed E-state index contributed by atoms with van der Waals surface area (Å²) >= 11 is 0. The predicted molar refractivity (Wildman–Crippen MR) is 127 cm³/mol. The first-order valence-electron chi connectivity index (χ1n) is 11.0. The molecule has 0 aromatic heterocycles. The van der Waals surface area contributed by atoms with Crippen LogP contribution in [-0.4, -0.2) is 32.3 Å². The summed E-state index contributed by atoms with van der Waals surface area (Å²) in [6.45, 7) is 1.90. The Morgan fingerprint density at radius 2 is 1.50 bits per heavy atom. The Labute approximate surface area is 197 Å². The monoisotopic (exact) mass is 485 g/mol. The quantitative estimate of drug-likeness (QED) is 0.512. The molecule has 1 aliphatic rings. The molecule has 1 saturated heterocycles. The average molecular weight is 486 g/mol. The number of nitrogens with zero attached hydrogens (tertiary/aromatic N) is 1. The van der Waals surface area contributed by atoms with Crippen LogP contribution in [0, 0.1) is 17.6 Å². The third-order valence-corrected chi connectivity index (χ3v) is 7.24. The standard InChI is InChI=1S/C25H25F2N3O3S/c26-20-5-7-22(8-6-20)29-34(32,33)23-11-9-21(10-12-23)28-25(31)18-13-15-30(16-14-18)17-19-3-1-2-4-24(19)27/h1-12,18,29H,13-17H2,(H,28,31). The molecule has 1 aliphatic heterocycles. The molecule has 2 N–H and O–H groups in total. The van der Waals surface area contributed by atoms with E-state index in [0.717, 1.165) is 0 Å². The minimum absolute atomic E-state index is 0.0243. The number of hydrogen-bond donors (Lipinski definition) is 2. The minimum atomic E-state index is -3.84. The van der Waals surface area contributed by atoms with Crippen LogP contribution < -0.4 is 10.0 Å². The lowest BCUT2D eigenvalue weighted by Gasteiger charge is -2.31. The highest BCUT2D eigenvalue weighted by atomic mass is 32.2. The van der Waals surface area contributed by atoms with Crippen LogP contribution in [0.1, 0.15) is 18.4 Å². The van der Waals surface area contributed by atoms with Crippen molar-refractivity contribution < 1.29 is 22.0 Å². The van der Waals surface area contributed by atoms with Crippen LogP contribution >= 0.6 is 0 Å². The Kier molecular flexibility index (Phi) is 7.23. The molecule has 6 nitrogen and oxygen atoms in total. The van der Waals surface area contributed by atoms with E-state index in [4.69, 9.17) is 0 Å². The Balaban J connectivity index is 1.30. The van der Waals surface area contributed by atoms with Gasteiger partial charge in [-0.05, 0) is 80.5 Å². The first-order chi connectivity index (χ1) is 16.3. The van der Waals surface area contributed by atoms with Crippen molar-refractivity contribution in [1.29, 1.82) is 0 Å². The third kappa shape index (κ3) is 5.98. The van der Waals surface area contributed by atoms with Crippen molar-refractivity contribution in [3.8, 4) is 0 Å². The SMILES string of the molecule is O=C(Nc1ccc(S(=O)(=O)Nc2ccc(F)cc2)cc1)C1CCN(Cc2ccccc2F)CC1. The fourth-order valence-corrected chi connectivity index (χ4v) is 4.97. The van der Waals surface area contributed by atoms with Crippen molar-refractivity contribution in [3.05, 3.63) is 90.0 Å². The van der Waals surface area contributed by atoms with Gasteiger partial charge >= 0.3 is 0 Å². The number of piperidine rings is 1. The molecule has 3 aromatic rings. The molecule has 0 atom stereocenters. The number of carbonyl (C=O) groups is 1. The molecule has 0 saturated carbocycles. The summed E-state index contributed by atoms with van der Waals surface area (Å²) in [5.41, 5.74) is 1.40. The van der Waals surface area contributed by atoms with Crippen LogP contribution in [0.25, 0.3) is 0 Å². The maximum Gasteiger partial charge on any atom is 0.261 e. The van der Waals surface area contributed by atoms with E-state index < -0.39 is 15.8 Å². The minimum Gasteiger partial charge on any atom is -0.326 e. The van der Waals surface area contributed by atoms with Crippen LogP contribution in [0.2, 0.25) is 0 Å². The van der Waals surface area contributed by atoms with Crippen LogP contribution in [0.15, 0.2) is 77.7 Å². The van der Waals surface area contributed by atoms with Gasteiger partial charge in [0.2, 0.25) is 5.91 Å². The van der Waals surface area contributed by atoms with Gasteiger partial charge in [-0.15, -0.1) is 0 Å². The number of likely N-dealkylation sites (tertiary alicyclic amines) is 1. The molecule has 4 rings (SSSR count). The smallest absolute Gasteiger partial charge is 0.261 e. The van der Waals surface area contributed by atoms with Crippen molar-refractivity contribution >= 4 is 27.3 Å². The largest absolute Gasteiger partial charge is 0.326 e. The van der Waals surface area contributed by atoms with Crippen molar-refractivity contribution in [2.45, 2.75) is 24.3 Å². The maximum atomic E-state index is 13.9. The molecule has 178 valence electrons. The van der Waals surface area contributed by atoms with Gasteiger partial charge in [-0.25, -0.2) is 17.2 Å². The van der Waals surface area contributed by atoms with Crippen molar-refractivity contribution in [2.75, 3.05) is 23.1 Å². The fourth-order valence-electron chi connectivity index (χ4n) is 3.91. The highest BCUT2D eigenvalue weighted by molar-refractivity contribution is 7.92. The molecule has 1 amide bonds. The number of carbonyl (C=O) groups excluding carboxylic acids is 1. The zero-order chi connectivity index (χ0) is 24.1. The average Bonchev–Trinajstić information content (AvgIpc) is 2.83. The van der Waals surface area contributed by atoms with Gasteiger partial charge in [-0.3, -0.25) is 14.4 Å². The summed E-state index contributed by atoms with van der Waals surface area (Å²) in [6, 6.07) is 17.6. The zero-order valence-corrected chi connectivity index (χ0v) is 19.2. The van der Waals surface area contributed by atoms with Crippen LogP contribution in [0.3, 0.4) is 0 Å². The van der Waals surface area contributed by atoms with E-state index >= 15 is 0 Å². The summed E-state index contributed by atoms with van der Waals surface area (Å²) < 4.78 is 54.3. The van der Waals surface area contributed by atoms with Gasteiger partial charge in [-0.1, -0.05) is 18.2 Å². The van der Waals surface area contributed by atoms with Gasteiger partial charge in [0.1, 0.15) is 11.6 Å². The lowest BCUT2D eigenvalue weighted by atomic mass is 9.95. The molecule has 34 heavy (non-hydrogen) atoms.